The Balaban J connectivity index is 1.59. The van der Waals surface area contributed by atoms with Crippen molar-refractivity contribution in [1.29, 1.82) is 0 Å². The van der Waals surface area contributed by atoms with Crippen LogP contribution in [0, 0.1) is 20.8 Å². The summed E-state index contributed by atoms with van der Waals surface area (Å²) in [6.45, 7) is 7.07. The minimum absolute atomic E-state index is 0.151. The third kappa shape index (κ3) is 7.62. The lowest BCUT2D eigenvalue weighted by Crippen LogP contribution is -2.23. The fourth-order valence-corrected chi connectivity index (χ4v) is 5.76. The van der Waals surface area contributed by atoms with Crippen LogP contribution in [0.25, 0.3) is 11.1 Å². The van der Waals surface area contributed by atoms with Gasteiger partial charge in [0.2, 0.25) is 5.76 Å². The molecule has 0 saturated heterocycles. The molecule has 4 aromatic rings. The van der Waals surface area contributed by atoms with Gasteiger partial charge in [-0.25, -0.2) is 8.42 Å². The lowest BCUT2D eigenvalue weighted by Gasteiger charge is -2.24. The van der Waals surface area contributed by atoms with Gasteiger partial charge in [-0.1, -0.05) is 42.0 Å². The molecule has 0 aliphatic rings. The van der Waals surface area contributed by atoms with Crippen LogP contribution in [0.4, 0.5) is 13.2 Å². The number of carboxylic acids is 1. The molecule has 2 aromatic heterocycles. The quantitative estimate of drug-likeness (QED) is 0.231. The highest BCUT2D eigenvalue weighted by Crippen LogP contribution is 2.31. The number of hydrogen-bond acceptors (Lipinski definition) is 6. The van der Waals surface area contributed by atoms with E-state index in [9.17, 15) is 26.4 Å². The maximum absolute atomic E-state index is 13.1. The number of benzene rings is 2. The molecule has 0 bridgehead atoms. The number of hydrogen-bond donors (Lipinski definition) is 1. The second kappa shape index (κ2) is 11.9. The Morgan fingerprint density at radius 1 is 0.902 bits per heavy atom. The van der Waals surface area contributed by atoms with E-state index in [1.165, 1.54) is 18.3 Å². The number of alkyl halides is 3. The minimum Gasteiger partial charge on any atom is -0.480 e. The van der Waals surface area contributed by atoms with Gasteiger partial charge in [0, 0.05) is 31.0 Å². The molecule has 0 spiro atoms. The number of rotatable bonds is 10. The molecule has 2 heterocycles. The molecular formula is C30H29F3N2O5S. The van der Waals surface area contributed by atoms with Crippen LogP contribution in [-0.2, 0) is 40.4 Å². The standard InChI is InChI=1S/C30H29F3N2O5S/c1-19-10-20(2)27(21(3)11-19)17-35(16-25-8-9-28(40-25)30(31,32)33)15-22-4-6-23(7-5-22)24-12-26(14-34-13-24)41(38,39)18-29(36)37/h4-14H,15-18H2,1-3H3,(H,36,37). The second-order valence-electron chi connectivity index (χ2n) is 10.0. The maximum atomic E-state index is 13.1. The van der Waals surface area contributed by atoms with Crippen molar-refractivity contribution >= 4 is 15.8 Å². The molecule has 11 heteroatoms. The van der Waals surface area contributed by atoms with Crippen LogP contribution in [0.3, 0.4) is 0 Å². The lowest BCUT2D eigenvalue weighted by atomic mass is 9.99. The SMILES string of the molecule is Cc1cc(C)c(CN(Cc2ccc(-c3cncc(S(=O)(=O)CC(=O)O)c3)cc2)Cc2ccc(C(F)(F)F)o2)c(C)c1. The number of carboxylic acid groups (broad SMARTS) is 1. The van der Waals surface area contributed by atoms with E-state index in [0.29, 0.717) is 24.2 Å². The Bertz CT molecular complexity index is 1640. The van der Waals surface area contributed by atoms with E-state index in [1.807, 2.05) is 37.8 Å². The van der Waals surface area contributed by atoms with Crippen molar-refractivity contribution in [2.75, 3.05) is 5.75 Å². The van der Waals surface area contributed by atoms with E-state index < -0.39 is 33.5 Å². The van der Waals surface area contributed by atoms with Gasteiger partial charge in [-0.2, -0.15) is 13.2 Å². The zero-order chi connectivity index (χ0) is 29.9. The van der Waals surface area contributed by atoms with Gasteiger partial charge in [0.1, 0.15) is 5.76 Å². The van der Waals surface area contributed by atoms with Crippen molar-refractivity contribution < 1.29 is 35.9 Å². The third-order valence-electron chi connectivity index (χ3n) is 6.62. The Morgan fingerprint density at radius 3 is 2.15 bits per heavy atom. The topological polar surface area (TPSA) is 101 Å². The average molecular weight is 587 g/mol. The third-order valence-corrected chi connectivity index (χ3v) is 8.19. The van der Waals surface area contributed by atoms with Crippen LogP contribution in [0.1, 0.15) is 39.3 Å². The molecule has 0 fully saturated rings. The first-order valence-corrected chi connectivity index (χ1v) is 14.3. The summed E-state index contributed by atoms with van der Waals surface area (Å²) in [5.41, 5.74) is 6.43. The highest BCUT2D eigenvalue weighted by molar-refractivity contribution is 7.92. The Kier molecular flexibility index (Phi) is 8.69. The summed E-state index contributed by atoms with van der Waals surface area (Å²) >= 11 is 0. The van der Waals surface area contributed by atoms with Crippen molar-refractivity contribution in [3.05, 3.63) is 106 Å². The van der Waals surface area contributed by atoms with Gasteiger partial charge in [-0.05, 0) is 66.8 Å². The van der Waals surface area contributed by atoms with Crippen LogP contribution in [0.2, 0.25) is 0 Å². The van der Waals surface area contributed by atoms with Crippen molar-refractivity contribution in [3.8, 4) is 11.1 Å². The summed E-state index contributed by atoms with van der Waals surface area (Å²) in [6.07, 6.45) is -1.97. The number of nitrogens with zero attached hydrogens (tertiary/aromatic N) is 2. The van der Waals surface area contributed by atoms with Gasteiger partial charge in [0.05, 0.1) is 11.4 Å². The Morgan fingerprint density at radius 2 is 1.56 bits per heavy atom. The van der Waals surface area contributed by atoms with Gasteiger partial charge in [0.15, 0.2) is 15.6 Å². The first-order valence-electron chi connectivity index (χ1n) is 12.6. The average Bonchev–Trinajstić information content (AvgIpc) is 3.35. The van der Waals surface area contributed by atoms with Crippen LogP contribution in [-0.4, -0.2) is 35.1 Å². The normalized spacial score (nSPS) is 12.2. The lowest BCUT2D eigenvalue weighted by molar-refractivity contribution is -0.153. The minimum atomic E-state index is -4.57. The van der Waals surface area contributed by atoms with Crippen LogP contribution < -0.4 is 0 Å². The maximum Gasteiger partial charge on any atom is 0.449 e. The molecule has 0 atom stereocenters. The van der Waals surface area contributed by atoms with E-state index >= 15 is 0 Å². The van der Waals surface area contributed by atoms with E-state index in [-0.39, 0.29) is 17.2 Å². The van der Waals surface area contributed by atoms with Crippen molar-refractivity contribution in [1.82, 2.24) is 9.88 Å². The number of aromatic nitrogens is 1. The number of aliphatic carboxylic acids is 1. The van der Waals surface area contributed by atoms with Gasteiger partial charge in [-0.3, -0.25) is 14.7 Å². The summed E-state index contributed by atoms with van der Waals surface area (Å²) in [5.74, 6) is -3.33. The molecule has 0 aliphatic carbocycles. The van der Waals surface area contributed by atoms with Crippen LogP contribution in [0.5, 0.6) is 0 Å². The zero-order valence-electron chi connectivity index (χ0n) is 22.7. The molecule has 0 amide bonds. The van der Waals surface area contributed by atoms with Crippen LogP contribution in [0.15, 0.2) is 76.3 Å². The molecule has 4 rings (SSSR count). The predicted molar refractivity (Wildman–Crippen MR) is 147 cm³/mol. The number of carbonyl (C=O) groups is 1. The number of pyridine rings is 1. The molecule has 0 radical (unpaired) electrons. The highest BCUT2D eigenvalue weighted by atomic mass is 32.2. The second-order valence-corrected chi connectivity index (χ2v) is 12.0. The van der Waals surface area contributed by atoms with Crippen molar-refractivity contribution in [2.45, 2.75) is 51.5 Å². The van der Waals surface area contributed by atoms with Gasteiger partial charge < -0.3 is 9.52 Å². The van der Waals surface area contributed by atoms with Crippen LogP contribution >= 0.6 is 0 Å². The molecule has 1 N–H and O–H groups in total. The number of sulfone groups is 1. The van der Waals surface area contributed by atoms with E-state index in [4.69, 9.17) is 9.52 Å². The fourth-order valence-electron chi connectivity index (χ4n) is 4.74. The first kappa shape index (κ1) is 30.0. The highest BCUT2D eigenvalue weighted by Gasteiger charge is 2.35. The smallest absolute Gasteiger partial charge is 0.449 e. The first-order chi connectivity index (χ1) is 19.2. The monoisotopic (exact) mass is 586 g/mol. The molecule has 0 unspecified atom stereocenters. The zero-order valence-corrected chi connectivity index (χ0v) is 23.5. The largest absolute Gasteiger partial charge is 0.480 e. The summed E-state index contributed by atoms with van der Waals surface area (Å²) in [5, 5.41) is 8.91. The molecule has 0 saturated carbocycles. The van der Waals surface area contributed by atoms with E-state index in [2.05, 4.69) is 17.1 Å². The summed E-state index contributed by atoms with van der Waals surface area (Å²) < 4.78 is 69.2. The van der Waals surface area contributed by atoms with Gasteiger partial charge >= 0.3 is 12.1 Å². The fraction of sp³-hybridized carbons (Fsp3) is 0.267. The molecule has 216 valence electrons. The Labute approximate surface area is 236 Å². The van der Waals surface area contributed by atoms with E-state index in [0.717, 1.165) is 40.1 Å². The number of aryl methyl sites for hydroxylation is 3. The number of furan rings is 1. The summed E-state index contributed by atoms with van der Waals surface area (Å²) in [4.78, 5) is 16.7. The predicted octanol–water partition coefficient (Wildman–Crippen LogP) is 6.35. The van der Waals surface area contributed by atoms with E-state index in [1.54, 1.807) is 12.1 Å². The Hall–Kier alpha value is -3.96. The van der Waals surface area contributed by atoms with Gasteiger partial charge in [-0.15, -0.1) is 0 Å². The molecule has 0 aliphatic heterocycles. The molecule has 41 heavy (non-hydrogen) atoms. The number of halogens is 3. The summed E-state index contributed by atoms with van der Waals surface area (Å²) in [7, 11) is -4.04. The van der Waals surface area contributed by atoms with Crippen molar-refractivity contribution in [2.24, 2.45) is 0 Å². The molecule has 2 aromatic carbocycles. The molecule has 7 nitrogen and oxygen atoms in total. The molecular weight excluding hydrogens is 557 g/mol. The van der Waals surface area contributed by atoms with Crippen molar-refractivity contribution in [3.63, 3.8) is 0 Å². The van der Waals surface area contributed by atoms with Gasteiger partial charge in [0.25, 0.3) is 0 Å². The summed E-state index contributed by atoms with van der Waals surface area (Å²) in [6, 6.07) is 15.1.